The summed E-state index contributed by atoms with van der Waals surface area (Å²) in [5.74, 6) is -0.476. The average Bonchev–Trinajstić information content (AvgIpc) is 2.94. The van der Waals surface area contributed by atoms with Gasteiger partial charge in [0.15, 0.2) is 0 Å². The van der Waals surface area contributed by atoms with Crippen molar-refractivity contribution < 1.29 is 26.7 Å². The van der Waals surface area contributed by atoms with Crippen LogP contribution >= 0.6 is 0 Å². The van der Waals surface area contributed by atoms with Gasteiger partial charge in [-0.15, -0.1) is 0 Å². The molecule has 0 spiro atoms. The zero-order valence-electron chi connectivity index (χ0n) is 13.6. The topological polar surface area (TPSA) is 75.7 Å². The molecule has 1 aliphatic rings. The minimum absolute atomic E-state index is 0.109. The molecule has 3 rings (SSSR count). The smallest absolute Gasteiger partial charge is 0.387 e. The van der Waals surface area contributed by atoms with Gasteiger partial charge < -0.3 is 10.1 Å². The van der Waals surface area contributed by atoms with Crippen molar-refractivity contribution in [3.63, 3.8) is 0 Å². The van der Waals surface area contributed by atoms with E-state index in [1.165, 1.54) is 28.6 Å². The first-order valence-corrected chi connectivity index (χ1v) is 9.43. The molecule has 0 saturated carbocycles. The number of carbonyl (C=O) groups excluding carboxylic acids is 1. The van der Waals surface area contributed by atoms with Gasteiger partial charge in [-0.1, -0.05) is 6.07 Å². The second-order valence-corrected chi connectivity index (χ2v) is 7.66. The lowest BCUT2D eigenvalue weighted by Crippen LogP contribution is -2.24. The Morgan fingerprint density at radius 1 is 1.15 bits per heavy atom. The molecule has 26 heavy (non-hydrogen) atoms. The maximum absolute atomic E-state index is 12.3. The third kappa shape index (κ3) is 4.10. The number of hydrogen-bond acceptors (Lipinski definition) is 4. The van der Waals surface area contributed by atoms with E-state index in [0.717, 1.165) is 0 Å². The van der Waals surface area contributed by atoms with E-state index in [2.05, 4.69) is 10.1 Å². The van der Waals surface area contributed by atoms with Gasteiger partial charge in [0.05, 0.1) is 11.4 Å². The molecule has 1 aliphatic heterocycles. The van der Waals surface area contributed by atoms with E-state index < -0.39 is 22.5 Å². The highest BCUT2D eigenvalue weighted by Crippen LogP contribution is 2.25. The van der Waals surface area contributed by atoms with Crippen LogP contribution in [0.3, 0.4) is 0 Å². The van der Waals surface area contributed by atoms with Crippen LogP contribution in [0, 0.1) is 0 Å². The van der Waals surface area contributed by atoms with Crippen LogP contribution in [0.2, 0.25) is 0 Å². The van der Waals surface area contributed by atoms with E-state index in [0.29, 0.717) is 24.3 Å². The summed E-state index contributed by atoms with van der Waals surface area (Å²) in [5, 5.41) is 2.63. The summed E-state index contributed by atoms with van der Waals surface area (Å²) in [4.78, 5) is 12.2. The van der Waals surface area contributed by atoms with E-state index in [4.69, 9.17) is 0 Å². The predicted molar refractivity (Wildman–Crippen MR) is 93.2 cm³/mol. The number of carbonyl (C=O) groups is 1. The third-order valence-electron chi connectivity index (χ3n) is 3.83. The quantitative estimate of drug-likeness (QED) is 0.862. The maximum Gasteiger partial charge on any atom is 0.387 e. The lowest BCUT2D eigenvalue weighted by Gasteiger charge is -2.17. The number of sulfonamides is 1. The van der Waals surface area contributed by atoms with E-state index in [-0.39, 0.29) is 17.1 Å². The Morgan fingerprint density at radius 3 is 2.50 bits per heavy atom. The molecule has 1 fully saturated rings. The molecule has 138 valence electrons. The van der Waals surface area contributed by atoms with Crippen molar-refractivity contribution in [2.24, 2.45) is 0 Å². The van der Waals surface area contributed by atoms with Crippen LogP contribution in [0.4, 0.5) is 20.2 Å². The molecule has 0 unspecified atom stereocenters. The van der Waals surface area contributed by atoms with Crippen molar-refractivity contribution in [3.8, 4) is 5.75 Å². The van der Waals surface area contributed by atoms with Crippen LogP contribution in [-0.4, -0.2) is 33.2 Å². The van der Waals surface area contributed by atoms with Crippen molar-refractivity contribution in [1.82, 2.24) is 0 Å². The Hall–Kier alpha value is -2.68. The van der Waals surface area contributed by atoms with E-state index in [9.17, 15) is 22.0 Å². The molecular weight excluding hydrogens is 366 g/mol. The fourth-order valence-corrected chi connectivity index (χ4v) is 4.22. The zero-order chi connectivity index (χ0) is 18.7. The lowest BCUT2D eigenvalue weighted by molar-refractivity contribution is -0.0498. The zero-order valence-corrected chi connectivity index (χ0v) is 14.4. The highest BCUT2D eigenvalue weighted by atomic mass is 32.2. The number of ether oxygens (including phenoxy) is 1. The van der Waals surface area contributed by atoms with Gasteiger partial charge in [-0.3, -0.25) is 9.10 Å². The highest BCUT2D eigenvalue weighted by molar-refractivity contribution is 7.93. The van der Waals surface area contributed by atoms with Crippen LogP contribution in [0.15, 0.2) is 48.5 Å². The molecule has 0 radical (unpaired) electrons. The molecule has 1 amide bonds. The minimum atomic E-state index is -3.26. The molecular formula is C17H16F2N2O4S. The number of nitrogens with zero attached hydrogens (tertiary/aromatic N) is 1. The van der Waals surface area contributed by atoms with Crippen molar-refractivity contribution in [3.05, 3.63) is 54.1 Å². The van der Waals surface area contributed by atoms with Crippen LogP contribution in [0.5, 0.6) is 5.75 Å². The molecule has 2 aromatic rings. The molecule has 1 saturated heterocycles. The summed E-state index contributed by atoms with van der Waals surface area (Å²) in [6.07, 6.45) is 0.581. The summed E-state index contributed by atoms with van der Waals surface area (Å²) in [6.45, 7) is -2.53. The molecule has 1 N–H and O–H groups in total. The highest BCUT2D eigenvalue weighted by Gasteiger charge is 2.28. The molecule has 0 aliphatic carbocycles. The van der Waals surface area contributed by atoms with Gasteiger partial charge in [0.1, 0.15) is 5.75 Å². The van der Waals surface area contributed by atoms with E-state index in [1.807, 2.05) is 0 Å². The van der Waals surface area contributed by atoms with Crippen molar-refractivity contribution in [2.75, 3.05) is 21.9 Å². The van der Waals surface area contributed by atoms with Gasteiger partial charge >= 0.3 is 6.61 Å². The van der Waals surface area contributed by atoms with Gasteiger partial charge in [0.2, 0.25) is 10.0 Å². The van der Waals surface area contributed by atoms with E-state index >= 15 is 0 Å². The molecule has 0 bridgehead atoms. The Labute approximate surface area is 149 Å². The van der Waals surface area contributed by atoms with E-state index in [1.54, 1.807) is 24.3 Å². The molecule has 9 heteroatoms. The molecule has 0 aromatic heterocycles. The van der Waals surface area contributed by atoms with Crippen molar-refractivity contribution >= 4 is 27.3 Å². The number of benzene rings is 2. The number of anilines is 2. The number of halogens is 2. The standard InChI is InChI=1S/C17H16F2N2O4S/c18-17(19)25-15-4-1-3-12(11-15)16(22)20-13-5-7-14(8-6-13)21-9-2-10-26(21,23)24/h1,3-8,11,17H,2,9-10H2,(H,20,22). The largest absolute Gasteiger partial charge is 0.435 e. The first-order chi connectivity index (χ1) is 12.3. The number of rotatable bonds is 5. The van der Waals surface area contributed by atoms with Crippen LogP contribution in [0.25, 0.3) is 0 Å². The number of amides is 1. The Bertz CT molecular complexity index is 901. The van der Waals surface area contributed by atoms with Crippen molar-refractivity contribution in [1.29, 1.82) is 0 Å². The number of alkyl halides is 2. The third-order valence-corrected chi connectivity index (χ3v) is 5.70. The van der Waals surface area contributed by atoms with Gasteiger partial charge in [-0.2, -0.15) is 8.78 Å². The Morgan fingerprint density at radius 2 is 1.88 bits per heavy atom. The summed E-state index contributed by atoms with van der Waals surface area (Å²) in [5.41, 5.74) is 1.15. The summed E-state index contributed by atoms with van der Waals surface area (Å²) >= 11 is 0. The normalized spacial score (nSPS) is 15.9. The predicted octanol–water partition coefficient (Wildman–Crippen LogP) is 3.08. The van der Waals surface area contributed by atoms with Gasteiger partial charge in [0, 0.05) is 17.8 Å². The van der Waals surface area contributed by atoms with Crippen LogP contribution < -0.4 is 14.4 Å². The molecule has 2 aromatic carbocycles. The molecule has 1 heterocycles. The first-order valence-electron chi connectivity index (χ1n) is 7.82. The summed E-state index contributed by atoms with van der Waals surface area (Å²) in [7, 11) is -3.26. The fourth-order valence-electron chi connectivity index (χ4n) is 2.66. The number of hydrogen-bond donors (Lipinski definition) is 1. The van der Waals surface area contributed by atoms with Gasteiger partial charge in [-0.25, -0.2) is 8.42 Å². The van der Waals surface area contributed by atoms with Crippen molar-refractivity contribution in [2.45, 2.75) is 13.0 Å². The van der Waals surface area contributed by atoms with Crippen LogP contribution in [-0.2, 0) is 10.0 Å². The summed E-state index contributed by atoms with van der Waals surface area (Å²) < 4.78 is 53.9. The molecule has 6 nitrogen and oxygen atoms in total. The second-order valence-electron chi connectivity index (χ2n) is 5.65. The van der Waals surface area contributed by atoms with Gasteiger partial charge in [0.25, 0.3) is 5.91 Å². The first kappa shape index (κ1) is 18.1. The van der Waals surface area contributed by atoms with Crippen LogP contribution in [0.1, 0.15) is 16.8 Å². The number of nitrogens with one attached hydrogen (secondary N) is 1. The lowest BCUT2D eigenvalue weighted by atomic mass is 10.2. The Balaban J connectivity index is 1.70. The molecule has 0 atom stereocenters. The average molecular weight is 382 g/mol. The minimum Gasteiger partial charge on any atom is -0.435 e. The second kappa shape index (κ2) is 7.28. The van der Waals surface area contributed by atoms with Gasteiger partial charge in [-0.05, 0) is 48.9 Å². The SMILES string of the molecule is O=C(Nc1ccc(N2CCCS2(=O)=O)cc1)c1cccc(OC(F)F)c1. The Kier molecular flexibility index (Phi) is 5.08. The summed E-state index contributed by atoms with van der Waals surface area (Å²) in [6, 6.07) is 11.8. The maximum atomic E-state index is 12.3. The fraction of sp³-hybridized carbons (Fsp3) is 0.235. The monoisotopic (exact) mass is 382 g/mol.